The van der Waals surface area contributed by atoms with Crippen LogP contribution in [-0.4, -0.2) is 13.2 Å². The molecular weight excluding hydrogens is 198 g/mol. The van der Waals surface area contributed by atoms with Crippen LogP contribution in [-0.2, 0) is 6.42 Å². The molecule has 3 heteroatoms. The maximum atomic E-state index is 5.20. The lowest BCUT2D eigenvalue weighted by atomic mass is 9.92. The van der Waals surface area contributed by atoms with Crippen LogP contribution in [0.2, 0.25) is 0 Å². The molecule has 4 N–H and O–H groups in total. The molecule has 0 radical (unpaired) electrons. The van der Waals surface area contributed by atoms with Gasteiger partial charge in [0.15, 0.2) is 0 Å². The van der Waals surface area contributed by atoms with E-state index in [4.69, 9.17) is 5.84 Å². The Morgan fingerprint density at radius 3 is 2.12 bits per heavy atom. The Kier molecular flexibility index (Phi) is 4.93. The molecule has 0 atom stereocenters. The summed E-state index contributed by atoms with van der Waals surface area (Å²) in [7, 11) is 0. The molecule has 0 aliphatic rings. The topological polar surface area (TPSA) is 50.1 Å². The molecule has 0 bridgehead atoms. The highest BCUT2D eigenvalue weighted by Gasteiger charge is 2.07. The number of rotatable bonds is 5. The van der Waals surface area contributed by atoms with Crippen LogP contribution in [0.5, 0.6) is 0 Å². The quantitative estimate of drug-likeness (QED) is 0.305. The van der Waals surface area contributed by atoms with Crippen molar-refractivity contribution in [3.05, 3.63) is 33.9 Å². The highest BCUT2D eigenvalue weighted by atomic mass is 15.3. The third kappa shape index (κ3) is 3.04. The molecule has 1 rings (SSSR count). The van der Waals surface area contributed by atoms with Gasteiger partial charge in [0.25, 0.3) is 0 Å². The molecule has 1 aromatic rings. The summed E-state index contributed by atoms with van der Waals surface area (Å²) in [5.74, 6) is 5.20. The lowest BCUT2D eigenvalue weighted by molar-refractivity contribution is 0.600. The molecule has 90 valence electrons. The molecule has 0 heterocycles. The van der Waals surface area contributed by atoms with Gasteiger partial charge in [-0.15, -0.1) is 0 Å². The Balaban J connectivity index is 2.78. The van der Waals surface area contributed by atoms with E-state index in [1.807, 2.05) is 0 Å². The SMILES string of the molecule is Cc1cc(C)c(C)c(CCNCNN)c1C. The third-order valence-corrected chi connectivity index (χ3v) is 3.30. The molecule has 1 aromatic carbocycles. The molecule has 0 amide bonds. The van der Waals surface area contributed by atoms with Gasteiger partial charge in [-0.3, -0.25) is 5.84 Å². The van der Waals surface area contributed by atoms with Gasteiger partial charge < -0.3 is 5.32 Å². The van der Waals surface area contributed by atoms with Gasteiger partial charge in [0, 0.05) is 6.54 Å². The van der Waals surface area contributed by atoms with Crippen molar-refractivity contribution in [2.24, 2.45) is 5.84 Å². The average Bonchev–Trinajstić information content (AvgIpc) is 2.25. The van der Waals surface area contributed by atoms with Crippen LogP contribution in [0.4, 0.5) is 0 Å². The van der Waals surface area contributed by atoms with Gasteiger partial charge in [0.1, 0.15) is 0 Å². The molecule has 0 saturated heterocycles. The standard InChI is InChI=1S/C13H23N3/c1-9-7-10(2)12(4)13(11(9)3)5-6-15-8-16-14/h7,15-16H,5-6,8,14H2,1-4H3. The van der Waals surface area contributed by atoms with Gasteiger partial charge in [-0.2, -0.15) is 0 Å². The summed E-state index contributed by atoms with van der Waals surface area (Å²) in [5.41, 5.74) is 9.68. The maximum Gasteiger partial charge on any atom is 0.0587 e. The summed E-state index contributed by atoms with van der Waals surface area (Å²) in [6.07, 6.45) is 1.06. The number of hydrogen-bond acceptors (Lipinski definition) is 3. The van der Waals surface area contributed by atoms with Crippen LogP contribution in [0.25, 0.3) is 0 Å². The Morgan fingerprint density at radius 2 is 1.62 bits per heavy atom. The van der Waals surface area contributed by atoms with Gasteiger partial charge in [-0.25, -0.2) is 5.43 Å². The molecule has 0 spiro atoms. The van der Waals surface area contributed by atoms with Gasteiger partial charge in [0.05, 0.1) is 6.67 Å². The minimum atomic E-state index is 0.656. The predicted octanol–water partition coefficient (Wildman–Crippen LogP) is 1.47. The lowest BCUT2D eigenvalue weighted by Gasteiger charge is -2.15. The smallest absolute Gasteiger partial charge is 0.0587 e. The van der Waals surface area contributed by atoms with Crippen molar-refractivity contribution in [2.45, 2.75) is 34.1 Å². The predicted molar refractivity (Wildman–Crippen MR) is 69.3 cm³/mol. The van der Waals surface area contributed by atoms with E-state index >= 15 is 0 Å². The van der Waals surface area contributed by atoms with Gasteiger partial charge in [-0.05, 0) is 61.9 Å². The molecule has 0 aliphatic heterocycles. The molecule has 16 heavy (non-hydrogen) atoms. The van der Waals surface area contributed by atoms with E-state index in [1.54, 1.807) is 0 Å². The van der Waals surface area contributed by atoms with Crippen LogP contribution in [0.3, 0.4) is 0 Å². The minimum absolute atomic E-state index is 0.656. The fraction of sp³-hybridized carbons (Fsp3) is 0.538. The largest absolute Gasteiger partial charge is 0.303 e. The summed E-state index contributed by atoms with van der Waals surface area (Å²) in [6.45, 7) is 10.4. The van der Waals surface area contributed by atoms with E-state index in [2.05, 4.69) is 44.5 Å². The molecule has 3 nitrogen and oxygen atoms in total. The summed E-state index contributed by atoms with van der Waals surface area (Å²) in [5, 5.41) is 3.24. The number of benzene rings is 1. The fourth-order valence-corrected chi connectivity index (χ4v) is 2.05. The molecule has 0 fully saturated rings. The summed E-state index contributed by atoms with van der Waals surface area (Å²) >= 11 is 0. The maximum absolute atomic E-state index is 5.20. The zero-order valence-corrected chi connectivity index (χ0v) is 10.8. The molecule has 0 aliphatic carbocycles. The number of hydrogen-bond donors (Lipinski definition) is 3. The Bertz CT molecular complexity index is 332. The highest BCUT2D eigenvalue weighted by Crippen LogP contribution is 2.21. The van der Waals surface area contributed by atoms with E-state index in [0.717, 1.165) is 13.0 Å². The Hall–Kier alpha value is -0.900. The van der Waals surface area contributed by atoms with E-state index in [-0.39, 0.29) is 0 Å². The number of aryl methyl sites for hydroxylation is 2. The third-order valence-electron chi connectivity index (χ3n) is 3.30. The van der Waals surface area contributed by atoms with Gasteiger partial charge in [-0.1, -0.05) is 6.07 Å². The van der Waals surface area contributed by atoms with Crippen molar-refractivity contribution >= 4 is 0 Å². The molecule has 0 saturated carbocycles. The van der Waals surface area contributed by atoms with E-state index in [1.165, 1.54) is 27.8 Å². The number of hydrazine groups is 1. The van der Waals surface area contributed by atoms with E-state index < -0.39 is 0 Å². The zero-order chi connectivity index (χ0) is 12.1. The number of nitrogens with two attached hydrogens (primary N) is 1. The Labute approximate surface area is 98.4 Å². The van der Waals surface area contributed by atoms with Crippen LogP contribution < -0.4 is 16.6 Å². The van der Waals surface area contributed by atoms with Crippen molar-refractivity contribution in [1.29, 1.82) is 0 Å². The lowest BCUT2D eigenvalue weighted by Crippen LogP contribution is -2.34. The van der Waals surface area contributed by atoms with E-state index in [9.17, 15) is 0 Å². The summed E-state index contributed by atoms with van der Waals surface area (Å²) < 4.78 is 0. The van der Waals surface area contributed by atoms with Crippen LogP contribution in [0, 0.1) is 27.7 Å². The first-order valence-electron chi connectivity index (χ1n) is 5.78. The highest BCUT2D eigenvalue weighted by molar-refractivity contribution is 5.44. The van der Waals surface area contributed by atoms with Crippen LogP contribution >= 0.6 is 0 Å². The summed E-state index contributed by atoms with van der Waals surface area (Å²) in [6, 6.07) is 2.27. The summed E-state index contributed by atoms with van der Waals surface area (Å²) in [4.78, 5) is 0. The fourth-order valence-electron chi connectivity index (χ4n) is 2.05. The van der Waals surface area contributed by atoms with Crippen molar-refractivity contribution in [2.75, 3.05) is 13.2 Å². The minimum Gasteiger partial charge on any atom is -0.303 e. The van der Waals surface area contributed by atoms with Gasteiger partial charge >= 0.3 is 0 Å². The van der Waals surface area contributed by atoms with E-state index in [0.29, 0.717) is 6.67 Å². The normalized spacial score (nSPS) is 10.8. The average molecular weight is 221 g/mol. The van der Waals surface area contributed by atoms with Crippen LogP contribution in [0.1, 0.15) is 27.8 Å². The van der Waals surface area contributed by atoms with Gasteiger partial charge in [0.2, 0.25) is 0 Å². The number of nitrogens with one attached hydrogen (secondary N) is 2. The van der Waals surface area contributed by atoms with Crippen molar-refractivity contribution < 1.29 is 0 Å². The second kappa shape index (κ2) is 5.99. The first-order chi connectivity index (χ1) is 7.57. The first kappa shape index (κ1) is 13.2. The second-order valence-corrected chi connectivity index (χ2v) is 4.37. The monoisotopic (exact) mass is 221 g/mol. The Morgan fingerprint density at radius 1 is 1.06 bits per heavy atom. The van der Waals surface area contributed by atoms with Crippen molar-refractivity contribution in [1.82, 2.24) is 10.7 Å². The second-order valence-electron chi connectivity index (χ2n) is 4.37. The zero-order valence-electron chi connectivity index (χ0n) is 10.8. The molecular formula is C13H23N3. The van der Waals surface area contributed by atoms with Crippen molar-refractivity contribution in [3.8, 4) is 0 Å². The molecule has 0 aromatic heterocycles. The van der Waals surface area contributed by atoms with Crippen molar-refractivity contribution in [3.63, 3.8) is 0 Å². The van der Waals surface area contributed by atoms with Crippen LogP contribution in [0.15, 0.2) is 6.07 Å². The molecule has 0 unspecified atom stereocenters. The first-order valence-corrected chi connectivity index (χ1v) is 5.78.